The Morgan fingerprint density at radius 1 is 1.25 bits per heavy atom. The van der Waals surface area contributed by atoms with Gasteiger partial charge < -0.3 is 5.32 Å². The first kappa shape index (κ1) is 11.4. The lowest BCUT2D eigenvalue weighted by atomic mass is 10.0. The van der Waals surface area contributed by atoms with E-state index in [1.807, 2.05) is 11.9 Å². The molecule has 5 heteroatoms. The number of hydrogen-bond donors (Lipinski definition) is 1. The fourth-order valence-corrected chi connectivity index (χ4v) is 1.95. The standard InChI is InChI=1S/C11H13F3N2/c1-16-5-4-15-6-9(16)7-2-3-8(12)11(14)10(7)13/h2-3,9,15H,4-6H2,1H3. The fourth-order valence-electron chi connectivity index (χ4n) is 1.95. The number of likely N-dealkylation sites (N-methyl/N-ethyl adjacent to an activating group) is 1. The number of benzene rings is 1. The first-order chi connectivity index (χ1) is 7.61. The molecule has 1 aromatic carbocycles. The molecule has 1 atom stereocenters. The van der Waals surface area contributed by atoms with Crippen LogP contribution in [0.5, 0.6) is 0 Å². The summed E-state index contributed by atoms with van der Waals surface area (Å²) >= 11 is 0. The molecule has 2 nitrogen and oxygen atoms in total. The average molecular weight is 230 g/mol. The van der Waals surface area contributed by atoms with Crippen LogP contribution in [-0.4, -0.2) is 31.6 Å². The molecule has 1 unspecified atom stereocenters. The molecule has 0 spiro atoms. The molecule has 1 saturated heterocycles. The van der Waals surface area contributed by atoms with Crippen LogP contribution in [0.1, 0.15) is 11.6 Å². The van der Waals surface area contributed by atoms with E-state index in [1.165, 1.54) is 6.07 Å². The van der Waals surface area contributed by atoms with Crippen LogP contribution in [0.3, 0.4) is 0 Å². The van der Waals surface area contributed by atoms with Gasteiger partial charge in [-0.1, -0.05) is 6.07 Å². The lowest BCUT2D eigenvalue weighted by Gasteiger charge is -2.33. The highest BCUT2D eigenvalue weighted by Gasteiger charge is 2.25. The Hall–Kier alpha value is -1.07. The third-order valence-electron chi connectivity index (χ3n) is 2.94. The van der Waals surface area contributed by atoms with Crippen molar-refractivity contribution in [3.8, 4) is 0 Å². The van der Waals surface area contributed by atoms with Crippen molar-refractivity contribution >= 4 is 0 Å². The Morgan fingerprint density at radius 3 is 2.69 bits per heavy atom. The molecular formula is C11H13F3N2. The highest BCUT2D eigenvalue weighted by molar-refractivity contribution is 5.24. The van der Waals surface area contributed by atoms with Crippen LogP contribution >= 0.6 is 0 Å². The normalized spacial score (nSPS) is 22.4. The predicted molar refractivity (Wildman–Crippen MR) is 54.6 cm³/mol. The zero-order valence-electron chi connectivity index (χ0n) is 8.93. The number of nitrogens with one attached hydrogen (secondary N) is 1. The van der Waals surface area contributed by atoms with Crippen LogP contribution in [0.15, 0.2) is 12.1 Å². The average Bonchev–Trinajstić information content (AvgIpc) is 2.28. The van der Waals surface area contributed by atoms with Crippen molar-refractivity contribution in [2.24, 2.45) is 0 Å². The Morgan fingerprint density at radius 2 is 2.00 bits per heavy atom. The second kappa shape index (κ2) is 4.43. The molecule has 0 saturated carbocycles. The summed E-state index contributed by atoms with van der Waals surface area (Å²) in [4.78, 5) is 1.92. The van der Waals surface area contributed by atoms with Gasteiger partial charge in [-0.05, 0) is 13.1 Å². The van der Waals surface area contributed by atoms with Gasteiger partial charge in [0.1, 0.15) is 0 Å². The van der Waals surface area contributed by atoms with Gasteiger partial charge in [0.15, 0.2) is 17.5 Å². The van der Waals surface area contributed by atoms with Gasteiger partial charge in [0, 0.05) is 31.2 Å². The van der Waals surface area contributed by atoms with Gasteiger partial charge >= 0.3 is 0 Å². The molecule has 1 fully saturated rings. The smallest absolute Gasteiger partial charge is 0.194 e. The summed E-state index contributed by atoms with van der Waals surface area (Å²) < 4.78 is 39.4. The molecule has 0 aliphatic carbocycles. The summed E-state index contributed by atoms with van der Waals surface area (Å²) in [5.74, 6) is -3.62. The van der Waals surface area contributed by atoms with Crippen molar-refractivity contribution in [3.63, 3.8) is 0 Å². The lowest BCUT2D eigenvalue weighted by Crippen LogP contribution is -2.44. The minimum atomic E-state index is -1.39. The molecule has 0 aromatic heterocycles. The topological polar surface area (TPSA) is 15.3 Å². The molecule has 1 aromatic rings. The molecule has 16 heavy (non-hydrogen) atoms. The van der Waals surface area contributed by atoms with Gasteiger partial charge in [-0.2, -0.15) is 0 Å². The second-order valence-corrected chi connectivity index (χ2v) is 3.97. The van der Waals surface area contributed by atoms with Gasteiger partial charge in [0.2, 0.25) is 0 Å². The number of halogens is 3. The number of piperazine rings is 1. The molecule has 1 N–H and O–H groups in total. The first-order valence-electron chi connectivity index (χ1n) is 5.15. The maximum Gasteiger partial charge on any atom is 0.194 e. The summed E-state index contributed by atoms with van der Waals surface area (Å²) in [6, 6.07) is 2.03. The lowest BCUT2D eigenvalue weighted by molar-refractivity contribution is 0.196. The van der Waals surface area contributed by atoms with E-state index in [0.29, 0.717) is 6.54 Å². The van der Waals surface area contributed by atoms with Crippen molar-refractivity contribution in [1.82, 2.24) is 10.2 Å². The predicted octanol–water partition coefficient (Wildman–Crippen LogP) is 1.68. The quantitative estimate of drug-likeness (QED) is 0.738. The third kappa shape index (κ3) is 1.92. The van der Waals surface area contributed by atoms with Crippen molar-refractivity contribution in [2.45, 2.75) is 6.04 Å². The van der Waals surface area contributed by atoms with Crippen molar-refractivity contribution in [3.05, 3.63) is 35.1 Å². The zero-order chi connectivity index (χ0) is 11.7. The highest BCUT2D eigenvalue weighted by Crippen LogP contribution is 2.25. The zero-order valence-corrected chi connectivity index (χ0v) is 8.93. The number of nitrogens with zero attached hydrogens (tertiary/aromatic N) is 1. The molecule has 0 radical (unpaired) electrons. The van der Waals surface area contributed by atoms with Gasteiger partial charge in [0.25, 0.3) is 0 Å². The minimum absolute atomic E-state index is 0.202. The van der Waals surface area contributed by atoms with Crippen LogP contribution in [0.4, 0.5) is 13.2 Å². The van der Waals surface area contributed by atoms with E-state index in [1.54, 1.807) is 0 Å². The Bertz CT molecular complexity index is 395. The van der Waals surface area contributed by atoms with E-state index in [0.717, 1.165) is 19.2 Å². The maximum atomic E-state index is 13.6. The summed E-state index contributed by atoms with van der Waals surface area (Å²) in [7, 11) is 1.84. The molecule has 1 heterocycles. The van der Waals surface area contributed by atoms with Crippen LogP contribution in [0, 0.1) is 17.5 Å². The summed E-state index contributed by atoms with van der Waals surface area (Å²) in [6.45, 7) is 2.11. The van der Waals surface area contributed by atoms with E-state index in [2.05, 4.69) is 5.32 Å². The van der Waals surface area contributed by atoms with Gasteiger partial charge in [0.05, 0.1) is 0 Å². The highest BCUT2D eigenvalue weighted by atomic mass is 19.2. The van der Waals surface area contributed by atoms with E-state index < -0.39 is 17.5 Å². The first-order valence-corrected chi connectivity index (χ1v) is 5.15. The second-order valence-electron chi connectivity index (χ2n) is 3.97. The van der Waals surface area contributed by atoms with Gasteiger partial charge in [-0.3, -0.25) is 4.90 Å². The molecule has 1 aliphatic heterocycles. The van der Waals surface area contributed by atoms with Crippen LogP contribution in [0.2, 0.25) is 0 Å². The molecule has 0 bridgehead atoms. The fraction of sp³-hybridized carbons (Fsp3) is 0.455. The largest absolute Gasteiger partial charge is 0.314 e. The van der Waals surface area contributed by atoms with E-state index >= 15 is 0 Å². The van der Waals surface area contributed by atoms with Crippen molar-refractivity contribution in [2.75, 3.05) is 26.7 Å². The van der Waals surface area contributed by atoms with Crippen LogP contribution < -0.4 is 5.32 Å². The Balaban J connectivity index is 2.36. The summed E-state index contributed by atoms with van der Waals surface area (Å²) in [6.07, 6.45) is 0. The molecule has 0 amide bonds. The molecule has 1 aliphatic rings. The van der Waals surface area contributed by atoms with Gasteiger partial charge in [-0.25, -0.2) is 13.2 Å². The van der Waals surface area contributed by atoms with E-state index in [9.17, 15) is 13.2 Å². The molecule has 88 valence electrons. The maximum absolute atomic E-state index is 13.6. The number of rotatable bonds is 1. The van der Waals surface area contributed by atoms with Gasteiger partial charge in [-0.15, -0.1) is 0 Å². The number of hydrogen-bond acceptors (Lipinski definition) is 2. The third-order valence-corrected chi connectivity index (χ3v) is 2.94. The molecular weight excluding hydrogens is 217 g/mol. The monoisotopic (exact) mass is 230 g/mol. The van der Waals surface area contributed by atoms with Crippen LogP contribution in [-0.2, 0) is 0 Å². The van der Waals surface area contributed by atoms with Crippen molar-refractivity contribution < 1.29 is 13.2 Å². The van der Waals surface area contributed by atoms with E-state index in [-0.39, 0.29) is 11.6 Å². The summed E-state index contributed by atoms with van der Waals surface area (Å²) in [5, 5.41) is 3.10. The minimum Gasteiger partial charge on any atom is -0.314 e. The van der Waals surface area contributed by atoms with Crippen LogP contribution in [0.25, 0.3) is 0 Å². The Labute approximate surface area is 92.1 Å². The van der Waals surface area contributed by atoms with Crippen molar-refractivity contribution in [1.29, 1.82) is 0 Å². The summed E-state index contributed by atoms with van der Waals surface area (Å²) in [5.41, 5.74) is 0.202. The Kier molecular flexibility index (Phi) is 3.16. The van der Waals surface area contributed by atoms with E-state index in [4.69, 9.17) is 0 Å². The molecule has 2 rings (SSSR count). The SMILES string of the molecule is CN1CCNCC1c1ccc(F)c(F)c1F.